The number of nitrogens with zero attached hydrogens (tertiary/aromatic N) is 1. The molecule has 2 N–H and O–H groups in total. The maximum absolute atomic E-state index is 12.8. The first-order chi connectivity index (χ1) is 9.88. The monoisotopic (exact) mass is 296 g/mol. The van der Waals surface area contributed by atoms with E-state index in [-0.39, 0.29) is 24.1 Å². The third-order valence-corrected chi connectivity index (χ3v) is 3.35. The van der Waals surface area contributed by atoms with E-state index in [0.29, 0.717) is 19.6 Å². The van der Waals surface area contributed by atoms with Crippen molar-refractivity contribution in [2.75, 3.05) is 20.1 Å². The van der Waals surface area contributed by atoms with Gasteiger partial charge in [0.2, 0.25) is 5.91 Å². The van der Waals surface area contributed by atoms with Crippen molar-refractivity contribution >= 4 is 5.91 Å². The molecule has 0 aromatic heterocycles. The smallest absolute Gasteiger partial charge is 0.222 e. The van der Waals surface area contributed by atoms with Crippen molar-refractivity contribution in [1.82, 2.24) is 10.2 Å². The molecule has 0 aliphatic rings. The Labute approximate surface area is 126 Å². The van der Waals surface area contributed by atoms with Crippen molar-refractivity contribution in [2.24, 2.45) is 5.92 Å². The number of hydrogen-bond acceptors (Lipinski definition) is 3. The third kappa shape index (κ3) is 7.20. The lowest BCUT2D eigenvalue weighted by Gasteiger charge is -2.18. The van der Waals surface area contributed by atoms with E-state index in [1.54, 1.807) is 12.1 Å². The zero-order valence-electron chi connectivity index (χ0n) is 13.0. The highest BCUT2D eigenvalue weighted by atomic mass is 19.1. The highest BCUT2D eigenvalue weighted by Gasteiger charge is 2.13. The van der Waals surface area contributed by atoms with E-state index in [1.807, 2.05) is 25.8 Å². The van der Waals surface area contributed by atoms with Crippen LogP contribution in [0.4, 0.5) is 4.39 Å². The van der Waals surface area contributed by atoms with Crippen LogP contribution in [-0.2, 0) is 11.3 Å². The Bertz CT molecular complexity index is 434. The summed E-state index contributed by atoms with van der Waals surface area (Å²) >= 11 is 0. The maximum Gasteiger partial charge on any atom is 0.222 e. The van der Waals surface area contributed by atoms with Crippen molar-refractivity contribution in [3.63, 3.8) is 0 Å². The van der Waals surface area contributed by atoms with Crippen molar-refractivity contribution < 1.29 is 14.3 Å². The van der Waals surface area contributed by atoms with Crippen molar-refractivity contribution in [3.05, 3.63) is 35.6 Å². The Balaban J connectivity index is 2.22. The van der Waals surface area contributed by atoms with Crippen LogP contribution in [0.5, 0.6) is 0 Å². The average Bonchev–Trinajstić information content (AvgIpc) is 2.41. The maximum atomic E-state index is 12.8. The summed E-state index contributed by atoms with van der Waals surface area (Å²) < 4.78 is 12.8. The quantitative estimate of drug-likeness (QED) is 0.769. The topological polar surface area (TPSA) is 52.6 Å². The molecule has 0 heterocycles. The lowest BCUT2D eigenvalue weighted by molar-refractivity contribution is -0.123. The Morgan fingerprint density at radius 2 is 1.95 bits per heavy atom. The number of likely N-dealkylation sites (N-methyl/N-ethyl adjacent to an activating group) is 1. The molecule has 21 heavy (non-hydrogen) atoms. The van der Waals surface area contributed by atoms with Crippen molar-refractivity contribution in [1.29, 1.82) is 0 Å². The second-order valence-corrected chi connectivity index (χ2v) is 5.73. The van der Waals surface area contributed by atoms with Gasteiger partial charge in [-0.25, -0.2) is 4.39 Å². The lowest BCUT2D eigenvalue weighted by Crippen LogP contribution is -2.35. The fraction of sp³-hybridized carbons (Fsp3) is 0.562. The third-order valence-electron chi connectivity index (χ3n) is 3.35. The minimum absolute atomic E-state index is 0.0805. The number of benzene rings is 1. The SMILES string of the molecule is CC(C)C(O)CC(=O)NCCN(C)Cc1ccc(F)cc1. The van der Waals surface area contributed by atoms with Crippen LogP contribution in [-0.4, -0.2) is 42.2 Å². The van der Waals surface area contributed by atoms with E-state index < -0.39 is 6.10 Å². The summed E-state index contributed by atoms with van der Waals surface area (Å²) in [6.45, 7) is 5.69. The van der Waals surface area contributed by atoms with Gasteiger partial charge in [-0.1, -0.05) is 26.0 Å². The summed E-state index contributed by atoms with van der Waals surface area (Å²) in [7, 11) is 1.94. The molecule has 0 spiro atoms. The minimum atomic E-state index is -0.595. The predicted molar refractivity (Wildman–Crippen MR) is 81.2 cm³/mol. The van der Waals surface area contributed by atoms with E-state index >= 15 is 0 Å². The Morgan fingerprint density at radius 1 is 1.33 bits per heavy atom. The summed E-state index contributed by atoms with van der Waals surface area (Å²) in [6, 6.07) is 6.39. The number of halogens is 1. The summed E-state index contributed by atoms with van der Waals surface area (Å²) in [6.07, 6.45) is -0.457. The molecule has 1 unspecified atom stereocenters. The number of aliphatic hydroxyl groups excluding tert-OH is 1. The minimum Gasteiger partial charge on any atom is -0.392 e. The lowest BCUT2D eigenvalue weighted by atomic mass is 10.0. The molecular weight excluding hydrogens is 271 g/mol. The van der Waals surface area contributed by atoms with Crippen LogP contribution in [0.2, 0.25) is 0 Å². The molecule has 0 radical (unpaired) electrons. The van der Waals surface area contributed by atoms with E-state index in [2.05, 4.69) is 5.32 Å². The van der Waals surface area contributed by atoms with Crippen LogP contribution < -0.4 is 5.32 Å². The molecule has 0 aliphatic carbocycles. The average molecular weight is 296 g/mol. The molecule has 1 aromatic carbocycles. The van der Waals surface area contributed by atoms with E-state index in [1.165, 1.54) is 12.1 Å². The zero-order valence-corrected chi connectivity index (χ0v) is 13.0. The molecule has 0 saturated carbocycles. The van der Waals surface area contributed by atoms with Crippen molar-refractivity contribution in [2.45, 2.75) is 32.9 Å². The van der Waals surface area contributed by atoms with Crippen LogP contribution in [0.3, 0.4) is 0 Å². The zero-order chi connectivity index (χ0) is 15.8. The van der Waals surface area contributed by atoms with Crippen LogP contribution in [0.15, 0.2) is 24.3 Å². The number of amides is 1. The second-order valence-electron chi connectivity index (χ2n) is 5.73. The standard InChI is InChI=1S/C16H25FN2O2/c1-12(2)15(20)10-16(21)18-8-9-19(3)11-13-4-6-14(17)7-5-13/h4-7,12,15,20H,8-11H2,1-3H3,(H,18,21). The molecule has 0 bridgehead atoms. The first kappa shape index (κ1) is 17.6. The van der Waals surface area contributed by atoms with Crippen molar-refractivity contribution in [3.8, 4) is 0 Å². The van der Waals surface area contributed by atoms with Crippen LogP contribution >= 0.6 is 0 Å². The Hall–Kier alpha value is -1.46. The fourth-order valence-electron chi connectivity index (χ4n) is 1.86. The second kappa shape index (κ2) is 8.74. The normalized spacial score (nSPS) is 12.7. The van der Waals surface area contributed by atoms with Gasteiger partial charge in [0.1, 0.15) is 5.82 Å². The number of nitrogens with one attached hydrogen (secondary N) is 1. The summed E-state index contributed by atoms with van der Waals surface area (Å²) in [5, 5.41) is 12.4. The van der Waals surface area contributed by atoms with Gasteiger partial charge in [0.05, 0.1) is 12.5 Å². The molecule has 1 rings (SSSR count). The first-order valence-electron chi connectivity index (χ1n) is 7.26. The molecule has 0 aliphatic heterocycles. The highest BCUT2D eigenvalue weighted by molar-refractivity contribution is 5.76. The molecule has 5 heteroatoms. The fourth-order valence-corrected chi connectivity index (χ4v) is 1.86. The molecule has 118 valence electrons. The highest BCUT2D eigenvalue weighted by Crippen LogP contribution is 2.06. The predicted octanol–water partition coefficient (Wildman–Crippen LogP) is 1.78. The number of carbonyl (C=O) groups excluding carboxylic acids is 1. The van der Waals surface area contributed by atoms with E-state index in [9.17, 15) is 14.3 Å². The van der Waals surface area contributed by atoms with Gasteiger partial charge in [0.15, 0.2) is 0 Å². The number of aliphatic hydroxyl groups is 1. The van der Waals surface area contributed by atoms with Gasteiger partial charge >= 0.3 is 0 Å². The van der Waals surface area contributed by atoms with Crippen LogP contribution in [0, 0.1) is 11.7 Å². The molecule has 4 nitrogen and oxygen atoms in total. The van der Waals surface area contributed by atoms with Gasteiger partial charge in [-0.2, -0.15) is 0 Å². The molecular formula is C16H25FN2O2. The molecule has 0 saturated heterocycles. The van der Waals surface area contributed by atoms with Crippen LogP contribution in [0.25, 0.3) is 0 Å². The largest absolute Gasteiger partial charge is 0.392 e. The Morgan fingerprint density at radius 3 is 2.52 bits per heavy atom. The van der Waals surface area contributed by atoms with Gasteiger partial charge < -0.3 is 15.3 Å². The van der Waals surface area contributed by atoms with Gasteiger partial charge in [-0.3, -0.25) is 4.79 Å². The van der Waals surface area contributed by atoms with Gasteiger partial charge in [-0.05, 0) is 30.7 Å². The molecule has 0 fully saturated rings. The number of hydrogen-bond donors (Lipinski definition) is 2. The first-order valence-corrected chi connectivity index (χ1v) is 7.26. The van der Waals surface area contributed by atoms with Gasteiger partial charge in [-0.15, -0.1) is 0 Å². The van der Waals surface area contributed by atoms with Gasteiger partial charge in [0.25, 0.3) is 0 Å². The van der Waals surface area contributed by atoms with E-state index in [4.69, 9.17) is 0 Å². The summed E-state index contributed by atoms with van der Waals surface area (Å²) in [5.41, 5.74) is 1.03. The summed E-state index contributed by atoms with van der Waals surface area (Å²) in [4.78, 5) is 13.7. The molecule has 1 aromatic rings. The van der Waals surface area contributed by atoms with Crippen LogP contribution in [0.1, 0.15) is 25.8 Å². The number of carbonyl (C=O) groups is 1. The summed E-state index contributed by atoms with van der Waals surface area (Å²) in [5.74, 6) is -0.291. The Kier molecular flexibility index (Phi) is 7.32. The van der Waals surface area contributed by atoms with Gasteiger partial charge in [0, 0.05) is 19.6 Å². The molecule has 1 amide bonds. The number of rotatable bonds is 8. The van der Waals surface area contributed by atoms with E-state index in [0.717, 1.165) is 5.56 Å². The molecule has 1 atom stereocenters.